The molecule has 0 aliphatic heterocycles. The lowest BCUT2D eigenvalue weighted by atomic mass is 9.72. The van der Waals surface area contributed by atoms with Crippen LogP contribution >= 0.6 is 22.9 Å². The molecule has 1 heterocycles. The maximum atomic E-state index is 11.0. The van der Waals surface area contributed by atoms with Gasteiger partial charge in [-0.2, -0.15) is 5.26 Å². The number of fused-ring (bicyclic) bond motifs is 1. The molecule has 0 amide bonds. The summed E-state index contributed by atoms with van der Waals surface area (Å²) in [6, 6.07) is 6.53. The molecular formula is C20H20ClN3O2S. The van der Waals surface area contributed by atoms with Crippen LogP contribution in [0.3, 0.4) is 0 Å². The van der Waals surface area contributed by atoms with Crippen molar-refractivity contribution in [3.8, 4) is 6.07 Å². The number of aliphatic imine (C=N–C) groups is 1. The van der Waals surface area contributed by atoms with Crippen molar-refractivity contribution in [2.24, 2.45) is 16.3 Å². The summed E-state index contributed by atoms with van der Waals surface area (Å²) in [7, 11) is 0. The van der Waals surface area contributed by atoms with Gasteiger partial charge in [-0.1, -0.05) is 32.4 Å². The van der Waals surface area contributed by atoms with Crippen LogP contribution in [0.1, 0.15) is 48.8 Å². The fourth-order valence-corrected chi connectivity index (χ4v) is 4.78. The van der Waals surface area contributed by atoms with E-state index in [1.54, 1.807) is 11.3 Å². The highest BCUT2D eigenvalue weighted by Gasteiger charge is 2.32. The lowest BCUT2D eigenvalue weighted by Gasteiger charge is -2.33. The van der Waals surface area contributed by atoms with Crippen LogP contribution < -0.4 is 0 Å². The monoisotopic (exact) mass is 401 g/mol. The van der Waals surface area contributed by atoms with E-state index >= 15 is 0 Å². The quantitative estimate of drug-likeness (QED) is 0.355. The van der Waals surface area contributed by atoms with E-state index in [-0.39, 0.29) is 11.1 Å². The van der Waals surface area contributed by atoms with Gasteiger partial charge in [0, 0.05) is 33.8 Å². The Bertz CT molecular complexity index is 967. The fraction of sp³-hybridized carbons (Fsp3) is 0.400. The van der Waals surface area contributed by atoms with Crippen molar-refractivity contribution in [2.75, 3.05) is 0 Å². The van der Waals surface area contributed by atoms with Crippen molar-refractivity contribution >= 4 is 39.8 Å². The third-order valence-corrected chi connectivity index (χ3v) is 6.60. The van der Waals surface area contributed by atoms with E-state index in [4.69, 9.17) is 11.6 Å². The summed E-state index contributed by atoms with van der Waals surface area (Å²) in [5, 5.41) is 21.6. The van der Waals surface area contributed by atoms with E-state index in [1.165, 1.54) is 29.3 Å². The van der Waals surface area contributed by atoms with Crippen molar-refractivity contribution in [2.45, 2.75) is 40.0 Å². The molecule has 1 aliphatic rings. The number of benzene rings is 1. The molecule has 0 N–H and O–H groups in total. The van der Waals surface area contributed by atoms with Gasteiger partial charge in [-0.05, 0) is 42.2 Å². The van der Waals surface area contributed by atoms with E-state index < -0.39 is 4.92 Å². The lowest BCUT2D eigenvalue weighted by molar-refractivity contribution is -0.384. The highest BCUT2D eigenvalue weighted by molar-refractivity contribution is 7.16. The number of thiophene rings is 1. The van der Waals surface area contributed by atoms with Crippen LogP contribution in [0.4, 0.5) is 10.7 Å². The van der Waals surface area contributed by atoms with Crippen molar-refractivity contribution in [3.63, 3.8) is 0 Å². The SMILES string of the molecule is CC(C)(C)[C@@H]1CCc2c(sc(N=Cc3cc([N+](=O)[O-])ccc3Cl)c2C#N)C1. The molecule has 3 rings (SSSR count). The number of halogens is 1. The molecule has 7 heteroatoms. The second-order valence-electron chi connectivity index (χ2n) is 7.82. The molecule has 0 fully saturated rings. The van der Waals surface area contributed by atoms with E-state index in [2.05, 4.69) is 31.8 Å². The minimum atomic E-state index is -0.467. The van der Waals surface area contributed by atoms with Gasteiger partial charge in [0.05, 0.1) is 10.5 Å². The first-order valence-electron chi connectivity index (χ1n) is 8.73. The Hall–Kier alpha value is -2.23. The van der Waals surface area contributed by atoms with Crippen LogP contribution in [0.25, 0.3) is 0 Å². The maximum Gasteiger partial charge on any atom is 0.270 e. The van der Waals surface area contributed by atoms with Crippen LogP contribution in [-0.2, 0) is 12.8 Å². The molecule has 27 heavy (non-hydrogen) atoms. The summed E-state index contributed by atoms with van der Waals surface area (Å²) >= 11 is 7.68. The summed E-state index contributed by atoms with van der Waals surface area (Å²) in [6.07, 6.45) is 4.44. The van der Waals surface area contributed by atoms with Crippen LogP contribution in [0, 0.1) is 32.8 Å². The predicted molar refractivity (Wildman–Crippen MR) is 109 cm³/mol. The molecular weight excluding hydrogens is 382 g/mol. The second kappa shape index (κ2) is 7.41. The molecule has 0 saturated carbocycles. The molecule has 0 unspecified atom stereocenters. The van der Waals surface area contributed by atoms with Crippen molar-refractivity contribution in [3.05, 3.63) is 54.9 Å². The van der Waals surface area contributed by atoms with Gasteiger partial charge >= 0.3 is 0 Å². The van der Waals surface area contributed by atoms with Gasteiger partial charge in [0.2, 0.25) is 0 Å². The topological polar surface area (TPSA) is 79.3 Å². The van der Waals surface area contributed by atoms with Crippen molar-refractivity contribution in [1.82, 2.24) is 0 Å². The Balaban J connectivity index is 1.94. The Labute approximate surface area is 167 Å². The first-order chi connectivity index (χ1) is 12.7. The van der Waals surface area contributed by atoms with E-state index in [0.29, 0.717) is 27.1 Å². The molecule has 0 bridgehead atoms. The Kier molecular flexibility index (Phi) is 5.36. The predicted octanol–water partition coefficient (Wildman–Crippen LogP) is 6.08. The van der Waals surface area contributed by atoms with E-state index in [0.717, 1.165) is 24.8 Å². The zero-order valence-electron chi connectivity index (χ0n) is 15.5. The smallest absolute Gasteiger partial charge is 0.258 e. The zero-order chi connectivity index (χ0) is 19.8. The number of nitro groups is 1. The minimum Gasteiger partial charge on any atom is -0.258 e. The minimum absolute atomic E-state index is 0.0418. The molecule has 2 aromatic rings. The summed E-state index contributed by atoms with van der Waals surface area (Å²) in [5.41, 5.74) is 2.39. The zero-order valence-corrected chi connectivity index (χ0v) is 17.0. The molecule has 1 aromatic carbocycles. The number of hydrogen-bond acceptors (Lipinski definition) is 5. The van der Waals surface area contributed by atoms with Gasteiger partial charge in [-0.3, -0.25) is 10.1 Å². The average molecular weight is 402 g/mol. The molecule has 1 atom stereocenters. The normalized spacial score (nSPS) is 16.9. The van der Waals surface area contributed by atoms with E-state index in [9.17, 15) is 15.4 Å². The van der Waals surface area contributed by atoms with Gasteiger partial charge in [-0.25, -0.2) is 4.99 Å². The standard InChI is InChI=1S/C20H20ClN3O2S/c1-20(2,3)13-4-6-15-16(10-22)19(27-18(15)9-13)23-11-12-8-14(24(25)26)5-7-17(12)21/h5,7-8,11,13H,4,6,9H2,1-3H3/t13-/m1/s1. The largest absolute Gasteiger partial charge is 0.270 e. The number of nitro benzene ring substituents is 1. The Morgan fingerprint density at radius 1 is 1.44 bits per heavy atom. The van der Waals surface area contributed by atoms with Gasteiger partial charge in [-0.15, -0.1) is 11.3 Å². The summed E-state index contributed by atoms with van der Waals surface area (Å²) < 4.78 is 0. The third kappa shape index (κ3) is 4.05. The maximum absolute atomic E-state index is 11.0. The Morgan fingerprint density at radius 3 is 2.81 bits per heavy atom. The third-order valence-electron chi connectivity index (χ3n) is 5.09. The first kappa shape index (κ1) is 19.5. The van der Waals surface area contributed by atoms with Crippen LogP contribution in [0.2, 0.25) is 5.02 Å². The summed E-state index contributed by atoms with van der Waals surface area (Å²) in [6.45, 7) is 6.76. The first-order valence-corrected chi connectivity index (χ1v) is 9.92. The number of nitriles is 1. The number of nitrogens with zero attached hydrogens (tertiary/aromatic N) is 3. The molecule has 1 aromatic heterocycles. The van der Waals surface area contributed by atoms with E-state index in [1.807, 2.05) is 0 Å². The van der Waals surface area contributed by atoms with Crippen molar-refractivity contribution < 1.29 is 4.92 Å². The van der Waals surface area contributed by atoms with Gasteiger partial charge in [0.25, 0.3) is 5.69 Å². The molecule has 1 aliphatic carbocycles. The van der Waals surface area contributed by atoms with Gasteiger partial charge in [0.1, 0.15) is 11.1 Å². The van der Waals surface area contributed by atoms with Crippen LogP contribution in [0.5, 0.6) is 0 Å². The Morgan fingerprint density at radius 2 is 2.19 bits per heavy atom. The van der Waals surface area contributed by atoms with Crippen molar-refractivity contribution in [1.29, 1.82) is 5.26 Å². The highest BCUT2D eigenvalue weighted by Crippen LogP contribution is 2.44. The van der Waals surface area contributed by atoms with Crippen LogP contribution in [-0.4, -0.2) is 11.1 Å². The van der Waals surface area contributed by atoms with Crippen LogP contribution in [0.15, 0.2) is 23.2 Å². The molecule has 0 radical (unpaired) electrons. The molecule has 0 spiro atoms. The number of non-ortho nitro benzene ring substituents is 1. The number of hydrogen-bond donors (Lipinski definition) is 0. The number of rotatable bonds is 3. The van der Waals surface area contributed by atoms with Gasteiger partial charge in [0.15, 0.2) is 0 Å². The molecule has 5 nitrogen and oxygen atoms in total. The lowest BCUT2D eigenvalue weighted by Crippen LogP contribution is -2.26. The average Bonchev–Trinajstić information content (AvgIpc) is 2.96. The molecule has 0 saturated heterocycles. The van der Waals surface area contributed by atoms with Gasteiger partial charge < -0.3 is 0 Å². The fourth-order valence-electron chi connectivity index (χ4n) is 3.39. The second-order valence-corrected chi connectivity index (χ2v) is 9.31. The molecule has 140 valence electrons. The highest BCUT2D eigenvalue weighted by atomic mass is 35.5. The summed E-state index contributed by atoms with van der Waals surface area (Å²) in [4.78, 5) is 16.2. The summed E-state index contributed by atoms with van der Waals surface area (Å²) in [5.74, 6) is 0.582.